The maximum atomic E-state index is 13.3. The van der Waals surface area contributed by atoms with Crippen molar-refractivity contribution in [3.05, 3.63) is 118 Å². The standard InChI is InChI=1S/C48H58O2.H4O5P2/c1-29-25-33(45(3,4)5)39(34(26-29)46(6,7)8)41-42(40-35(47(9,10)11)27-30(2)28-36(40)48(12,13)14)44(50)38(32-23-19-16-20-24-32)37(43(41)49)31-21-17-15-18-22-31;1-6(2)5-7(3)4/h15-28,49-50H,1-14H3;1-4H. The van der Waals surface area contributed by atoms with Crippen molar-refractivity contribution < 1.29 is 34.1 Å². The van der Waals surface area contributed by atoms with Crippen molar-refractivity contribution in [1.82, 2.24) is 0 Å². The Balaban J connectivity index is 0.000000940. The predicted molar refractivity (Wildman–Crippen MR) is 240 cm³/mol. The molecule has 57 heavy (non-hydrogen) atoms. The summed E-state index contributed by atoms with van der Waals surface area (Å²) in [6.07, 6.45) is 0. The Morgan fingerprint density at radius 1 is 0.386 bits per heavy atom. The highest BCUT2D eigenvalue weighted by atomic mass is 31.2. The number of aromatic hydroxyl groups is 2. The van der Waals surface area contributed by atoms with Crippen LogP contribution < -0.4 is 0 Å². The van der Waals surface area contributed by atoms with Crippen LogP contribution in [-0.4, -0.2) is 29.8 Å². The zero-order chi connectivity index (χ0) is 43.0. The molecular formula is C48H62O7P2. The zero-order valence-corrected chi connectivity index (χ0v) is 37.9. The fourth-order valence-corrected chi connectivity index (χ4v) is 8.05. The first kappa shape index (κ1) is 46.1. The molecule has 5 rings (SSSR count). The minimum absolute atomic E-state index is 0.183. The Morgan fingerprint density at radius 3 is 0.825 bits per heavy atom. The summed E-state index contributed by atoms with van der Waals surface area (Å²) in [6.45, 7) is 31.3. The Kier molecular flexibility index (Phi) is 14.0. The molecule has 0 radical (unpaired) electrons. The van der Waals surface area contributed by atoms with E-state index in [1.165, 1.54) is 11.1 Å². The third-order valence-corrected chi connectivity index (χ3v) is 11.2. The predicted octanol–water partition coefficient (Wildman–Crippen LogP) is 13.0. The number of benzene rings is 5. The van der Waals surface area contributed by atoms with E-state index >= 15 is 0 Å². The van der Waals surface area contributed by atoms with Gasteiger partial charge in [-0.2, -0.15) is 0 Å². The monoisotopic (exact) mass is 812 g/mol. The van der Waals surface area contributed by atoms with Crippen molar-refractivity contribution in [3.63, 3.8) is 0 Å². The number of hydrogen-bond donors (Lipinski definition) is 6. The SMILES string of the molecule is Cc1cc(C(C)(C)C)c(-c2c(O)c(-c3ccccc3)c(-c3ccccc3)c(O)c2-c2c(C(C)(C)C)cc(C)cc2C(C)(C)C)c(C(C)(C)C)c1.OP(O)OP(O)O. The van der Waals surface area contributed by atoms with E-state index in [-0.39, 0.29) is 33.2 Å². The summed E-state index contributed by atoms with van der Waals surface area (Å²) < 4.78 is 3.60. The first-order valence-electron chi connectivity index (χ1n) is 19.2. The fourth-order valence-electron chi connectivity index (χ4n) is 7.53. The van der Waals surface area contributed by atoms with Crippen LogP contribution in [0, 0.1) is 13.8 Å². The van der Waals surface area contributed by atoms with Gasteiger partial charge in [0.25, 0.3) is 0 Å². The number of hydrogen-bond acceptors (Lipinski definition) is 7. The molecule has 0 aliphatic rings. The van der Waals surface area contributed by atoms with E-state index < -0.39 is 17.2 Å². The minimum atomic E-state index is -2.61. The number of phenols is 2. The third-order valence-electron chi connectivity index (χ3n) is 10.0. The average molecular weight is 813 g/mol. The van der Waals surface area contributed by atoms with Crippen molar-refractivity contribution in [2.45, 2.75) is 119 Å². The van der Waals surface area contributed by atoms with Gasteiger partial charge in [0.05, 0.1) is 0 Å². The fraction of sp³-hybridized carbons (Fsp3) is 0.375. The largest absolute Gasteiger partial charge is 0.507 e. The van der Waals surface area contributed by atoms with Crippen LogP contribution in [0.15, 0.2) is 84.9 Å². The molecule has 306 valence electrons. The lowest BCUT2D eigenvalue weighted by molar-refractivity contribution is 0.324. The van der Waals surface area contributed by atoms with Crippen molar-refractivity contribution in [2.24, 2.45) is 0 Å². The van der Waals surface area contributed by atoms with Gasteiger partial charge in [-0.3, -0.25) is 0 Å². The van der Waals surface area contributed by atoms with Gasteiger partial charge in [-0.1, -0.05) is 179 Å². The number of aryl methyl sites for hydroxylation is 2. The summed E-state index contributed by atoms with van der Waals surface area (Å²) in [5.41, 5.74) is 12.2. The topological polar surface area (TPSA) is 131 Å². The lowest BCUT2D eigenvalue weighted by Crippen LogP contribution is -2.22. The van der Waals surface area contributed by atoms with Crippen molar-refractivity contribution >= 4 is 17.2 Å². The van der Waals surface area contributed by atoms with Crippen LogP contribution in [-0.2, 0) is 26.0 Å². The summed E-state index contributed by atoms with van der Waals surface area (Å²) in [5, 5.41) is 26.6. The molecule has 0 bridgehead atoms. The van der Waals surface area contributed by atoms with Crippen LogP contribution in [0.4, 0.5) is 0 Å². The van der Waals surface area contributed by atoms with Crippen LogP contribution in [0.3, 0.4) is 0 Å². The Hall–Kier alpha value is -3.64. The molecule has 6 N–H and O–H groups in total. The molecule has 0 aromatic heterocycles. The van der Waals surface area contributed by atoms with Crippen LogP contribution >= 0.6 is 17.2 Å². The molecule has 0 fully saturated rings. The molecule has 5 aromatic rings. The van der Waals surface area contributed by atoms with E-state index in [4.69, 9.17) is 19.6 Å². The number of rotatable bonds is 6. The van der Waals surface area contributed by atoms with Gasteiger partial charge >= 0.3 is 17.2 Å². The second-order valence-electron chi connectivity index (χ2n) is 19.0. The summed E-state index contributed by atoms with van der Waals surface area (Å²) >= 11 is 0. The first-order valence-corrected chi connectivity index (χ1v) is 21.6. The van der Waals surface area contributed by atoms with Crippen molar-refractivity contribution in [1.29, 1.82) is 0 Å². The summed E-state index contributed by atoms with van der Waals surface area (Å²) in [6, 6.07) is 29.2. The third kappa shape index (κ3) is 10.5. The highest BCUT2D eigenvalue weighted by Crippen LogP contribution is 2.60. The van der Waals surface area contributed by atoms with Gasteiger partial charge in [0.1, 0.15) is 11.5 Å². The van der Waals surface area contributed by atoms with Gasteiger partial charge in [0.2, 0.25) is 0 Å². The van der Waals surface area contributed by atoms with Crippen molar-refractivity contribution in [3.8, 4) is 56.0 Å². The lowest BCUT2D eigenvalue weighted by atomic mass is 9.68. The maximum absolute atomic E-state index is 13.3. The second kappa shape index (κ2) is 17.3. The summed E-state index contributed by atoms with van der Waals surface area (Å²) in [4.78, 5) is 31.3. The molecular weight excluding hydrogens is 750 g/mol. The highest BCUT2D eigenvalue weighted by molar-refractivity contribution is 7.53. The molecule has 9 heteroatoms. The minimum Gasteiger partial charge on any atom is -0.507 e. The molecule has 0 heterocycles. The molecule has 0 unspecified atom stereocenters. The van der Waals surface area contributed by atoms with Gasteiger partial charge in [-0.25, -0.2) is 4.31 Å². The Labute approximate surface area is 343 Å². The van der Waals surface area contributed by atoms with E-state index in [0.717, 1.165) is 44.5 Å². The number of phenolic OH excluding ortho intramolecular Hbond substituents is 2. The highest BCUT2D eigenvalue weighted by Gasteiger charge is 2.37. The van der Waals surface area contributed by atoms with Crippen LogP contribution in [0.2, 0.25) is 0 Å². The summed E-state index contributed by atoms with van der Waals surface area (Å²) in [7, 11) is -5.22. The molecule has 7 nitrogen and oxygen atoms in total. The molecule has 5 aromatic carbocycles. The van der Waals surface area contributed by atoms with Crippen LogP contribution in [0.25, 0.3) is 44.5 Å². The molecule has 0 atom stereocenters. The van der Waals surface area contributed by atoms with Gasteiger partial charge in [0, 0.05) is 22.3 Å². The molecule has 0 saturated heterocycles. The van der Waals surface area contributed by atoms with E-state index in [9.17, 15) is 10.2 Å². The lowest BCUT2D eigenvalue weighted by Gasteiger charge is -2.36. The van der Waals surface area contributed by atoms with E-state index in [1.807, 2.05) is 60.7 Å². The average Bonchev–Trinajstić information content (AvgIpc) is 3.07. The molecule has 0 amide bonds. The van der Waals surface area contributed by atoms with Crippen LogP contribution in [0.5, 0.6) is 11.5 Å². The van der Waals surface area contributed by atoms with Gasteiger partial charge in [-0.05, 0) is 80.0 Å². The summed E-state index contributed by atoms with van der Waals surface area (Å²) in [5.74, 6) is 0.367. The molecule has 0 saturated carbocycles. The zero-order valence-electron chi connectivity index (χ0n) is 36.1. The van der Waals surface area contributed by atoms with Gasteiger partial charge in [-0.15, -0.1) is 0 Å². The molecule has 0 aliphatic carbocycles. The van der Waals surface area contributed by atoms with E-state index in [2.05, 4.69) is 126 Å². The van der Waals surface area contributed by atoms with E-state index in [1.54, 1.807) is 0 Å². The van der Waals surface area contributed by atoms with Crippen LogP contribution in [0.1, 0.15) is 116 Å². The van der Waals surface area contributed by atoms with Gasteiger partial charge in [0.15, 0.2) is 0 Å². The first-order chi connectivity index (χ1) is 26.2. The quantitative estimate of drug-likeness (QED) is 0.0743. The Bertz CT molecular complexity index is 1960. The maximum Gasteiger partial charge on any atom is 0.334 e. The normalized spacial score (nSPS) is 12.6. The molecule has 0 spiro atoms. The second-order valence-corrected chi connectivity index (χ2v) is 20.7. The smallest absolute Gasteiger partial charge is 0.334 e. The molecule has 0 aliphatic heterocycles. The van der Waals surface area contributed by atoms with E-state index in [0.29, 0.717) is 22.3 Å². The van der Waals surface area contributed by atoms with Crippen molar-refractivity contribution in [2.75, 3.05) is 0 Å². The van der Waals surface area contributed by atoms with Gasteiger partial charge < -0.3 is 29.8 Å². The Morgan fingerprint density at radius 2 is 0.632 bits per heavy atom.